The van der Waals surface area contributed by atoms with Crippen LogP contribution in [0.2, 0.25) is 0 Å². The van der Waals surface area contributed by atoms with E-state index in [4.69, 9.17) is 10.00 Å². The Bertz CT molecular complexity index is 892. The Labute approximate surface area is 149 Å². The van der Waals surface area contributed by atoms with Crippen LogP contribution in [-0.4, -0.2) is 21.1 Å². The van der Waals surface area contributed by atoms with Gasteiger partial charge in [-0.2, -0.15) is 5.26 Å². The van der Waals surface area contributed by atoms with E-state index < -0.39 is 16.1 Å². The minimum atomic E-state index is -3.64. The SMILES string of the molecule is Cc1cc(C)c(S(=O)(=O)N[C@@H](C)COc2cccc(C#N)c2)c(C)c1. The highest BCUT2D eigenvalue weighted by molar-refractivity contribution is 7.89. The molecule has 0 amide bonds. The minimum absolute atomic E-state index is 0.165. The highest BCUT2D eigenvalue weighted by Crippen LogP contribution is 2.22. The van der Waals surface area contributed by atoms with Gasteiger partial charge in [-0.25, -0.2) is 13.1 Å². The van der Waals surface area contributed by atoms with E-state index in [0.717, 1.165) is 16.7 Å². The molecule has 0 spiro atoms. The fourth-order valence-corrected chi connectivity index (χ4v) is 4.51. The number of nitrogens with one attached hydrogen (secondary N) is 1. The summed E-state index contributed by atoms with van der Waals surface area (Å²) in [6, 6.07) is 12.1. The van der Waals surface area contributed by atoms with E-state index in [0.29, 0.717) is 16.2 Å². The van der Waals surface area contributed by atoms with Crippen molar-refractivity contribution in [3.63, 3.8) is 0 Å². The molecule has 2 aromatic carbocycles. The molecule has 0 saturated heterocycles. The first kappa shape index (κ1) is 19.0. The summed E-state index contributed by atoms with van der Waals surface area (Å²) in [5, 5.41) is 8.89. The molecular weight excluding hydrogens is 336 g/mol. The maximum atomic E-state index is 12.7. The number of rotatable bonds is 6. The van der Waals surface area contributed by atoms with Crippen molar-refractivity contribution in [3.8, 4) is 11.8 Å². The van der Waals surface area contributed by atoms with Gasteiger partial charge in [0.05, 0.1) is 22.6 Å². The van der Waals surface area contributed by atoms with Gasteiger partial charge in [-0.05, 0) is 57.0 Å². The first-order valence-corrected chi connectivity index (χ1v) is 9.44. The molecule has 25 heavy (non-hydrogen) atoms. The fourth-order valence-electron chi connectivity index (χ4n) is 2.83. The average Bonchev–Trinajstić information content (AvgIpc) is 2.51. The van der Waals surface area contributed by atoms with Gasteiger partial charge >= 0.3 is 0 Å². The number of nitrogens with zero attached hydrogens (tertiary/aromatic N) is 1. The molecule has 132 valence electrons. The summed E-state index contributed by atoms with van der Waals surface area (Å²) in [6.07, 6.45) is 0. The molecule has 0 aliphatic heterocycles. The molecule has 5 nitrogen and oxygen atoms in total. The van der Waals surface area contributed by atoms with E-state index in [-0.39, 0.29) is 6.61 Å². The summed E-state index contributed by atoms with van der Waals surface area (Å²) >= 11 is 0. The zero-order valence-electron chi connectivity index (χ0n) is 14.8. The Balaban J connectivity index is 2.09. The normalized spacial score (nSPS) is 12.4. The summed E-state index contributed by atoms with van der Waals surface area (Å²) in [4.78, 5) is 0.316. The topological polar surface area (TPSA) is 79.2 Å². The summed E-state index contributed by atoms with van der Waals surface area (Å²) in [6.45, 7) is 7.44. The van der Waals surface area contributed by atoms with Crippen molar-refractivity contribution < 1.29 is 13.2 Å². The van der Waals surface area contributed by atoms with E-state index >= 15 is 0 Å². The van der Waals surface area contributed by atoms with Gasteiger partial charge in [0, 0.05) is 0 Å². The summed E-state index contributed by atoms with van der Waals surface area (Å²) in [7, 11) is -3.64. The highest BCUT2D eigenvalue weighted by Gasteiger charge is 2.22. The molecule has 1 atom stereocenters. The standard InChI is InChI=1S/C19H22N2O3S/c1-13-8-14(2)19(15(3)9-13)25(22,23)21-16(4)12-24-18-7-5-6-17(10-18)11-20/h5-10,16,21H,12H2,1-4H3/t16-/m0/s1. The predicted octanol–water partition coefficient (Wildman–Crippen LogP) is 3.23. The molecular formula is C19H22N2O3S. The third-order valence-electron chi connectivity index (χ3n) is 3.69. The van der Waals surface area contributed by atoms with Crippen molar-refractivity contribution in [2.75, 3.05) is 6.61 Å². The molecule has 2 aromatic rings. The van der Waals surface area contributed by atoms with Gasteiger partial charge in [0.15, 0.2) is 0 Å². The minimum Gasteiger partial charge on any atom is -0.492 e. The number of aryl methyl sites for hydroxylation is 3. The van der Waals surface area contributed by atoms with Crippen LogP contribution < -0.4 is 9.46 Å². The van der Waals surface area contributed by atoms with Gasteiger partial charge in [-0.3, -0.25) is 0 Å². The van der Waals surface area contributed by atoms with Crippen LogP contribution in [0.3, 0.4) is 0 Å². The maximum Gasteiger partial charge on any atom is 0.241 e. The van der Waals surface area contributed by atoms with Gasteiger partial charge in [-0.1, -0.05) is 23.8 Å². The van der Waals surface area contributed by atoms with E-state index in [1.807, 2.05) is 25.1 Å². The van der Waals surface area contributed by atoms with E-state index in [1.54, 1.807) is 45.0 Å². The maximum absolute atomic E-state index is 12.7. The lowest BCUT2D eigenvalue weighted by Crippen LogP contribution is -2.37. The van der Waals surface area contributed by atoms with Crippen molar-refractivity contribution in [1.29, 1.82) is 5.26 Å². The van der Waals surface area contributed by atoms with Crippen molar-refractivity contribution in [2.24, 2.45) is 0 Å². The Morgan fingerprint density at radius 3 is 2.40 bits per heavy atom. The Kier molecular flexibility index (Phi) is 5.83. The molecule has 0 fully saturated rings. The molecule has 2 rings (SSSR count). The molecule has 0 aliphatic carbocycles. The van der Waals surface area contributed by atoms with Crippen molar-refractivity contribution in [3.05, 3.63) is 58.7 Å². The Morgan fingerprint density at radius 2 is 1.80 bits per heavy atom. The summed E-state index contributed by atoms with van der Waals surface area (Å²) < 4.78 is 33.6. The third kappa shape index (κ3) is 4.81. The van der Waals surface area contributed by atoms with Crippen LogP contribution in [0.15, 0.2) is 41.3 Å². The number of hydrogen-bond acceptors (Lipinski definition) is 4. The van der Waals surface area contributed by atoms with Crippen molar-refractivity contribution in [2.45, 2.75) is 38.6 Å². The largest absolute Gasteiger partial charge is 0.492 e. The molecule has 6 heteroatoms. The molecule has 0 aromatic heterocycles. The number of sulfonamides is 1. The van der Waals surface area contributed by atoms with E-state index in [9.17, 15) is 8.42 Å². The molecule has 1 N–H and O–H groups in total. The zero-order valence-corrected chi connectivity index (χ0v) is 15.6. The van der Waals surface area contributed by atoms with E-state index in [2.05, 4.69) is 4.72 Å². The number of ether oxygens (including phenoxy) is 1. The average molecular weight is 358 g/mol. The molecule has 0 unspecified atom stereocenters. The fraction of sp³-hybridized carbons (Fsp3) is 0.316. The van der Waals surface area contributed by atoms with Crippen LogP contribution in [0.25, 0.3) is 0 Å². The second-order valence-corrected chi connectivity index (χ2v) is 7.85. The molecule has 0 bridgehead atoms. The van der Waals surface area contributed by atoms with Gasteiger partial charge in [0.25, 0.3) is 0 Å². The second-order valence-electron chi connectivity index (χ2n) is 6.20. The first-order chi connectivity index (χ1) is 11.7. The third-order valence-corrected chi connectivity index (χ3v) is 5.59. The Morgan fingerprint density at radius 1 is 1.16 bits per heavy atom. The van der Waals surface area contributed by atoms with Crippen molar-refractivity contribution in [1.82, 2.24) is 4.72 Å². The number of nitriles is 1. The van der Waals surface area contributed by atoms with Crippen LogP contribution in [0, 0.1) is 32.1 Å². The summed E-state index contributed by atoms with van der Waals surface area (Å²) in [5.74, 6) is 0.535. The molecule has 0 saturated carbocycles. The quantitative estimate of drug-likeness (QED) is 0.860. The number of hydrogen-bond donors (Lipinski definition) is 1. The first-order valence-electron chi connectivity index (χ1n) is 7.96. The monoisotopic (exact) mass is 358 g/mol. The van der Waals surface area contributed by atoms with Gasteiger partial charge < -0.3 is 4.74 Å². The van der Waals surface area contributed by atoms with Crippen LogP contribution in [-0.2, 0) is 10.0 Å². The molecule has 0 radical (unpaired) electrons. The van der Waals surface area contributed by atoms with Crippen LogP contribution in [0.4, 0.5) is 0 Å². The highest BCUT2D eigenvalue weighted by atomic mass is 32.2. The van der Waals surface area contributed by atoms with Crippen LogP contribution in [0.1, 0.15) is 29.2 Å². The van der Waals surface area contributed by atoms with E-state index in [1.165, 1.54) is 0 Å². The van der Waals surface area contributed by atoms with Gasteiger partial charge in [-0.15, -0.1) is 0 Å². The lowest BCUT2D eigenvalue weighted by Gasteiger charge is -2.18. The lowest BCUT2D eigenvalue weighted by atomic mass is 10.1. The predicted molar refractivity (Wildman–Crippen MR) is 97.1 cm³/mol. The van der Waals surface area contributed by atoms with Crippen LogP contribution in [0.5, 0.6) is 5.75 Å². The van der Waals surface area contributed by atoms with Gasteiger partial charge in [0.2, 0.25) is 10.0 Å². The van der Waals surface area contributed by atoms with Crippen molar-refractivity contribution >= 4 is 10.0 Å². The second kappa shape index (κ2) is 7.68. The summed E-state index contributed by atoms with van der Waals surface area (Å²) in [5.41, 5.74) is 2.97. The number of benzene rings is 2. The lowest BCUT2D eigenvalue weighted by molar-refractivity contribution is 0.287. The molecule has 0 aliphatic rings. The Hall–Kier alpha value is -2.36. The van der Waals surface area contributed by atoms with Gasteiger partial charge in [0.1, 0.15) is 12.4 Å². The zero-order chi connectivity index (χ0) is 18.6. The smallest absolute Gasteiger partial charge is 0.241 e. The molecule has 0 heterocycles. The van der Waals surface area contributed by atoms with Crippen LogP contribution >= 0.6 is 0 Å².